The number of carbonyl (C=O) groups is 6. The summed E-state index contributed by atoms with van der Waals surface area (Å²) in [6.07, 6.45) is 0.345. The first-order valence-corrected chi connectivity index (χ1v) is 15.6. The number of carbonyl (C=O) groups excluding carboxylic acids is 5. The molecule has 5 amide bonds. The van der Waals surface area contributed by atoms with E-state index in [-0.39, 0.29) is 25.8 Å². The van der Waals surface area contributed by atoms with E-state index in [1.165, 1.54) is 24.8 Å². The summed E-state index contributed by atoms with van der Waals surface area (Å²) in [5.74, 6) is -3.97. The Balaban J connectivity index is 1.43. The quantitative estimate of drug-likeness (QED) is 0.169. The fourth-order valence-electron chi connectivity index (χ4n) is 5.51. The number of fused-ring (bicyclic) bond motifs is 1. The van der Waals surface area contributed by atoms with Crippen LogP contribution in [-0.2, 0) is 35.2 Å². The number of anilines is 1. The molecule has 14 nitrogen and oxygen atoms in total. The number of nitrogens with zero attached hydrogens (tertiary/aromatic N) is 1. The minimum Gasteiger partial charge on any atom is -0.481 e. The first-order valence-electron chi connectivity index (χ1n) is 15.6. The Morgan fingerprint density at radius 2 is 1.65 bits per heavy atom. The standard InChI is InChI=1S/C34H39N5O9/c1-19-16-30(43)48-27-18-23(11-12-24(19)27)37-32(45)25(17-22-8-5-4-6-9-22)38-33(46)26-10-7-15-39(26)34(47)21(3)36-31(44)20(2)35-28(40)13-14-29(41)42/h4-6,8-9,11-12,16,18,20-21,25-26H,7,10,13-15,17H2,1-3H3,(H,35,40)(H,36,44)(H,37,45)(H,38,46)(H,41,42)/t20-,21+,25+,26+/m1/s1. The SMILES string of the molecule is Cc1cc(=O)oc2cc(NC(=O)[C@H](Cc3ccccc3)NC(=O)[C@@H]3CCCN3C(=O)[C@H](C)NC(=O)[C@@H](C)NC(=O)CCC(=O)O)ccc12. The van der Waals surface area contributed by atoms with E-state index in [2.05, 4.69) is 21.3 Å². The van der Waals surface area contributed by atoms with Crippen LogP contribution in [0.1, 0.15) is 50.7 Å². The molecular formula is C34H39N5O9. The van der Waals surface area contributed by atoms with Crippen LogP contribution in [0.4, 0.5) is 5.69 Å². The number of likely N-dealkylation sites (tertiary alicyclic amines) is 1. The molecule has 0 saturated carbocycles. The number of aliphatic carboxylic acids is 1. The zero-order valence-corrected chi connectivity index (χ0v) is 26.9. The van der Waals surface area contributed by atoms with E-state index >= 15 is 0 Å². The summed E-state index contributed by atoms with van der Waals surface area (Å²) in [7, 11) is 0. The highest BCUT2D eigenvalue weighted by atomic mass is 16.4. The van der Waals surface area contributed by atoms with Gasteiger partial charge in [0.2, 0.25) is 29.5 Å². The zero-order chi connectivity index (χ0) is 35.0. The van der Waals surface area contributed by atoms with E-state index < -0.39 is 65.3 Å². The van der Waals surface area contributed by atoms with E-state index in [4.69, 9.17) is 9.52 Å². The van der Waals surface area contributed by atoms with Gasteiger partial charge in [-0.1, -0.05) is 30.3 Å². The van der Waals surface area contributed by atoms with Crippen molar-refractivity contribution in [3.63, 3.8) is 0 Å². The molecule has 2 heterocycles. The van der Waals surface area contributed by atoms with Crippen LogP contribution < -0.4 is 26.9 Å². The van der Waals surface area contributed by atoms with Crippen LogP contribution in [0.5, 0.6) is 0 Å². The second kappa shape index (κ2) is 15.8. The molecule has 1 aromatic heterocycles. The average molecular weight is 662 g/mol. The van der Waals surface area contributed by atoms with Gasteiger partial charge in [0.1, 0.15) is 29.8 Å². The number of carboxylic acids is 1. The summed E-state index contributed by atoms with van der Waals surface area (Å²) in [6.45, 7) is 4.91. The van der Waals surface area contributed by atoms with Crippen molar-refractivity contribution in [1.29, 1.82) is 0 Å². The first kappa shape index (κ1) is 35.3. The van der Waals surface area contributed by atoms with E-state index in [0.29, 0.717) is 29.5 Å². The van der Waals surface area contributed by atoms with Gasteiger partial charge < -0.3 is 35.7 Å². The summed E-state index contributed by atoms with van der Waals surface area (Å²) in [4.78, 5) is 89.1. The molecule has 2 aromatic carbocycles. The minimum atomic E-state index is -1.14. The molecule has 1 aliphatic heterocycles. The van der Waals surface area contributed by atoms with Gasteiger partial charge in [0.05, 0.1) is 6.42 Å². The molecule has 0 aliphatic carbocycles. The highest BCUT2D eigenvalue weighted by Crippen LogP contribution is 2.22. The molecule has 48 heavy (non-hydrogen) atoms. The van der Waals surface area contributed by atoms with Crippen LogP contribution in [-0.4, -0.2) is 76.2 Å². The van der Waals surface area contributed by atoms with Crippen molar-refractivity contribution in [3.8, 4) is 0 Å². The molecule has 14 heteroatoms. The predicted octanol–water partition coefficient (Wildman–Crippen LogP) is 1.63. The molecule has 5 N–H and O–H groups in total. The molecule has 0 radical (unpaired) electrons. The van der Waals surface area contributed by atoms with Gasteiger partial charge in [-0.05, 0) is 56.9 Å². The van der Waals surface area contributed by atoms with Crippen LogP contribution in [0, 0.1) is 6.92 Å². The number of hydrogen-bond acceptors (Lipinski definition) is 8. The van der Waals surface area contributed by atoms with Crippen molar-refractivity contribution in [2.75, 3.05) is 11.9 Å². The number of hydrogen-bond donors (Lipinski definition) is 5. The number of carboxylic acid groups (broad SMARTS) is 1. The maximum atomic E-state index is 13.6. The lowest BCUT2D eigenvalue weighted by Gasteiger charge is -2.29. The summed E-state index contributed by atoms with van der Waals surface area (Å²) >= 11 is 0. The Kier molecular flexibility index (Phi) is 11.7. The topological polar surface area (TPSA) is 204 Å². The molecule has 4 atom stereocenters. The second-order valence-corrected chi connectivity index (χ2v) is 11.8. The van der Waals surface area contributed by atoms with Gasteiger partial charge in [-0.15, -0.1) is 0 Å². The van der Waals surface area contributed by atoms with E-state index in [1.54, 1.807) is 25.1 Å². The molecule has 0 bridgehead atoms. The third-order valence-electron chi connectivity index (χ3n) is 8.04. The van der Waals surface area contributed by atoms with Crippen LogP contribution in [0.3, 0.4) is 0 Å². The Bertz CT molecular complexity index is 1760. The van der Waals surface area contributed by atoms with Crippen LogP contribution in [0.2, 0.25) is 0 Å². The molecular weight excluding hydrogens is 622 g/mol. The van der Waals surface area contributed by atoms with E-state index in [1.807, 2.05) is 30.3 Å². The van der Waals surface area contributed by atoms with Crippen LogP contribution in [0.15, 0.2) is 63.8 Å². The Hall–Kier alpha value is -5.53. The predicted molar refractivity (Wildman–Crippen MR) is 175 cm³/mol. The molecule has 3 aromatic rings. The van der Waals surface area contributed by atoms with Gasteiger partial charge in [0.15, 0.2) is 0 Å². The molecule has 0 unspecified atom stereocenters. The Labute approximate surface area is 276 Å². The lowest BCUT2D eigenvalue weighted by molar-refractivity contribution is -0.142. The first-order chi connectivity index (χ1) is 22.8. The van der Waals surface area contributed by atoms with E-state index in [0.717, 1.165) is 11.1 Å². The summed E-state index contributed by atoms with van der Waals surface area (Å²) in [5.41, 5.74) is 1.67. The highest BCUT2D eigenvalue weighted by molar-refractivity contribution is 6.00. The lowest BCUT2D eigenvalue weighted by atomic mass is 10.0. The molecule has 4 rings (SSSR count). The molecule has 1 saturated heterocycles. The molecule has 254 valence electrons. The minimum absolute atomic E-state index is 0.156. The number of nitrogens with one attached hydrogen (secondary N) is 4. The lowest BCUT2D eigenvalue weighted by Crippen LogP contribution is -2.56. The van der Waals surface area contributed by atoms with Crippen molar-refractivity contribution in [1.82, 2.24) is 20.9 Å². The second-order valence-electron chi connectivity index (χ2n) is 11.8. The monoisotopic (exact) mass is 661 g/mol. The Morgan fingerprint density at radius 3 is 2.35 bits per heavy atom. The largest absolute Gasteiger partial charge is 0.481 e. The zero-order valence-electron chi connectivity index (χ0n) is 26.9. The highest BCUT2D eigenvalue weighted by Gasteiger charge is 2.38. The Morgan fingerprint density at radius 1 is 0.917 bits per heavy atom. The van der Waals surface area contributed by atoms with Gasteiger partial charge in [0.25, 0.3) is 0 Å². The summed E-state index contributed by atoms with van der Waals surface area (Å²) in [6, 6.07) is 11.4. The maximum Gasteiger partial charge on any atom is 0.336 e. The fraction of sp³-hybridized carbons (Fsp3) is 0.382. The van der Waals surface area contributed by atoms with Gasteiger partial charge >= 0.3 is 11.6 Å². The average Bonchev–Trinajstić information content (AvgIpc) is 3.53. The molecule has 1 fully saturated rings. The fourth-order valence-corrected chi connectivity index (χ4v) is 5.51. The summed E-state index contributed by atoms with van der Waals surface area (Å²) in [5, 5.41) is 20.0. The van der Waals surface area contributed by atoms with Crippen molar-refractivity contribution in [2.45, 2.75) is 77.0 Å². The summed E-state index contributed by atoms with van der Waals surface area (Å²) < 4.78 is 5.30. The number of amides is 5. The van der Waals surface area contributed by atoms with Gasteiger partial charge in [-0.2, -0.15) is 0 Å². The van der Waals surface area contributed by atoms with Crippen LogP contribution >= 0.6 is 0 Å². The number of benzene rings is 2. The third kappa shape index (κ3) is 9.27. The van der Waals surface area contributed by atoms with Gasteiger partial charge in [-0.25, -0.2) is 4.79 Å². The van der Waals surface area contributed by atoms with Crippen molar-refractivity contribution >= 4 is 52.2 Å². The smallest absolute Gasteiger partial charge is 0.336 e. The third-order valence-corrected chi connectivity index (χ3v) is 8.04. The molecule has 1 aliphatic rings. The maximum absolute atomic E-state index is 13.6. The van der Waals surface area contributed by atoms with Crippen molar-refractivity contribution in [3.05, 3.63) is 76.1 Å². The van der Waals surface area contributed by atoms with Crippen molar-refractivity contribution in [2.24, 2.45) is 0 Å². The van der Waals surface area contributed by atoms with Crippen LogP contribution in [0.25, 0.3) is 11.0 Å². The van der Waals surface area contributed by atoms with Crippen molar-refractivity contribution < 1.29 is 38.3 Å². The number of rotatable bonds is 13. The molecule has 0 spiro atoms. The van der Waals surface area contributed by atoms with Gasteiger partial charge in [-0.3, -0.25) is 28.8 Å². The van der Waals surface area contributed by atoms with Gasteiger partial charge in [0, 0.05) is 42.6 Å². The van der Waals surface area contributed by atoms with E-state index in [9.17, 15) is 33.6 Å². The number of aryl methyl sites for hydroxylation is 1. The normalized spacial score (nSPS) is 16.0.